The highest BCUT2D eigenvalue weighted by Gasteiger charge is 2.26. The van der Waals surface area contributed by atoms with Crippen LogP contribution in [0.5, 0.6) is 0 Å². The van der Waals surface area contributed by atoms with E-state index in [1.54, 1.807) is 24.3 Å². The van der Waals surface area contributed by atoms with E-state index in [-0.39, 0.29) is 45.3 Å². The quantitative estimate of drug-likeness (QED) is 0.144. The highest BCUT2D eigenvalue weighted by atomic mass is 35.5. The van der Waals surface area contributed by atoms with E-state index in [0.29, 0.717) is 17.0 Å². The third-order valence-corrected chi connectivity index (χ3v) is 7.23. The number of halogens is 1. The van der Waals surface area contributed by atoms with Crippen LogP contribution in [0.4, 0.5) is 0 Å². The fourth-order valence-electron chi connectivity index (χ4n) is 4.39. The minimum absolute atomic E-state index is 0.0395. The first-order valence-corrected chi connectivity index (χ1v) is 15.4. The maximum absolute atomic E-state index is 13.1. The summed E-state index contributed by atoms with van der Waals surface area (Å²) < 4.78 is 0. The van der Waals surface area contributed by atoms with Gasteiger partial charge in [0.1, 0.15) is 12.1 Å². The maximum Gasteiger partial charge on any atom is 0.243 e. The number of hydrogen-bond donors (Lipinski definition) is 9. The molecule has 3 atom stereocenters. The van der Waals surface area contributed by atoms with Crippen molar-refractivity contribution in [2.45, 2.75) is 57.2 Å². The van der Waals surface area contributed by atoms with Gasteiger partial charge < -0.3 is 48.3 Å². The van der Waals surface area contributed by atoms with Crippen molar-refractivity contribution < 1.29 is 38.4 Å². The van der Waals surface area contributed by atoms with Crippen LogP contribution in [0, 0.1) is 0 Å². The number of primary amides is 1. The molecule has 1 fully saturated rings. The first kappa shape index (κ1) is 38.4. The number of benzene rings is 1. The Hall–Kier alpha value is -4.77. The Kier molecular flexibility index (Phi) is 16.7. The summed E-state index contributed by atoms with van der Waals surface area (Å²) in [5.41, 5.74) is 6.00. The zero-order valence-electron chi connectivity index (χ0n) is 26.0. The molecule has 2 rings (SSSR count). The fraction of sp³-hybridized carbons (Fsp3) is 0.517. The molecule has 1 saturated heterocycles. The standard InChI is InChI=1S/C29H42ClN9O8/c1-17(40)35-15-25(43)38-21-8-9-23(41)33-10-4-7-20(27(31)45)32-11-12-34-24(42)14-36-29(47)22(39-26(44)16-37-28(21)46)13-18-5-2-3-6-19(18)30/h2-3,5-6,20-22,32H,4,7-16H2,1H3,(H2,31,45)(H,33,41)(H,34,42)(H,35,40)(H,36,47)(H,37,46)(H,38,43)(H,39,44). The average Bonchev–Trinajstić information content (AvgIpc) is 3.02. The molecule has 1 aliphatic rings. The second-order valence-electron chi connectivity index (χ2n) is 10.7. The lowest BCUT2D eigenvalue weighted by atomic mass is 10.0. The minimum Gasteiger partial charge on any atom is -0.368 e. The van der Waals surface area contributed by atoms with Gasteiger partial charge in [0.05, 0.1) is 25.7 Å². The summed E-state index contributed by atoms with van der Waals surface area (Å²) in [5, 5.41) is 20.7. The molecule has 258 valence electrons. The van der Waals surface area contributed by atoms with Gasteiger partial charge >= 0.3 is 0 Å². The number of carbonyl (C=O) groups excluding carboxylic acids is 8. The first-order valence-electron chi connectivity index (χ1n) is 15.0. The minimum atomic E-state index is -1.25. The predicted octanol–water partition coefficient (Wildman–Crippen LogP) is -3.53. The molecule has 0 radical (unpaired) electrons. The van der Waals surface area contributed by atoms with Crippen molar-refractivity contribution in [3.05, 3.63) is 34.9 Å². The molecule has 47 heavy (non-hydrogen) atoms. The Labute approximate surface area is 276 Å². The molecule has 1 aliphatic heterocycles. The van der Waals surface area contributed by atoms with Gasteiger partial charge in [0, 0.05) is 44.4 Å². The van der Waals surface area contributed by atoms with Gasteiger partial charge in [0.2, 0.25) is 47.3 Å². The molecule has 0 aromatic heterocycles. The van der Waals surface area contributed by atoms with E-state index < -0.39 is 85.0 Å². The van der Waals surface area contributed by atoms with Crippen molar-refractivity contribution in [1.82, 2.24) is 42.5 Å². The predicted molar refractivity (Wildman–Crippen MR) is 169 cm³/mol. The summed E-state index contributed by atoms with van der Waals surface area (Å²) >= 11 is 6.26. The van der Waals surface area contributed by atoms with Crippen molar-refractivity contribution in [1.29, 1.82) is 0 Å². The lowest BCUT2D eigenvalue weighted by molar-refractivity contribution is -0.132. The third-order valence-electron chi connectivity index (χ3n) is 6.86. The average molecular weight is 680 g/mol. The fourth-order valence-corrected chi connectivity index (χ4v) is 4.61. The summed E-state index contributed by atoms with van der Waals surface area (Å²) in [6.45, 7) is 0.300. The van der Waals surface area contributed by atoms with Crippen molar-refractivity contribution in [2.24, 2.45) is 5.73 Å². The second kappa shape index (κ2) is 20.4. The van der Waals surface area contributed by atoms with E-state index in [9.17, 15) is 38.4 Å². The zero-order valence-corrected chi connectivity index (χ0v) is 26.8. The lowest BCUT2D eigenvalue weighted by Crippen LogP contribution is -2.54. The molecule has 18 heteroatoms. The van der Waals surface area contributed by atoms with Crippen LogP contribution in [0.1, 0.15) is 38.2 Å². The molecular formula is C29H42ClN9O8. The van der Waals surface area contributed by atoms with Gasteiger partial charge in [-0.15, -0.1) is 0 Å². The highest BCUT2D eigenvalue weighted by Crippen LogP contribution is 2.16. The van der Waals surface area contributed by atoms with Crippen LogP contribution in [-0.2, 0) is 44.8 Å². The number of carbonyl (C=O) groups is 8. The zero-order chi connectivity index (χ0) is 34.8. The van der Waals surface area contributed by atoms with E-state index in [2.05, 4.69) is 42.5 Å². The van der Waals surface area contributed by atoms with Crippen LogP contribution in [0.15, 0.2) is 24.3 Å². The molecule has 8 amide bonds. The lowest BCUT2D eigenvalue weighted by Gasteiger charge is -2.21. The number of nitrogens with one attached hydrogen (secondary N) is 8. The molecular weight excluding hydrogens is 638 g/mol. The summed E-state index contributed by atoms with van der Waals surface area (Å²) in [5.74, 6) is -4.99. The van der Waals surface area contributed by atoms with Crippen LogP contribution in [0.3, 0.4) is 0 Å². The number of hydrogen-bond acceptors (Lipinski definition) is 9. The Morgan fingerprint density at radius 1 is 0.872 bits per heavy atom. The van der Waals surface area contributed by atoms with Gasteiger partial charge in [0.15, 0.2) is 0 Å². The van der Waals surface area contributed by atoms with E-state index in [1.165, 1.54) is 6.92 Å². The molecule has 1 aromatic carbocycles. The molecule has 0 aliphatic carbocycles. The monoisotopic (exact) mass is 679 g/mol. The molecule has 3 unspecified atom stereocenters. The first-order chi connectivity index (χ1) is 22.3. The second-order valence-corrected chi connectivity index (χ2v) is 11.1. The van der Waals surface area contributed by atoms with Crippen LogP contribution in [0.25, 0.3) is 0 Å². The van der Waals surface area contributed by atoms with Crippen LogP contribution < -0.4 is 48.3 Å². The van der Waals surface area contributed by atoms with Crippen LogP contribution >= 0.6 is 11.6 Å². The van der Waals surface area contributed by atoms with E-state index >= 15 is 0 Å². The highest BCUT2D eigenvalue weighted by molar-refractivity contribution is 6.31. The van der Waals surface area contributed by atoms with E-state index in [0.717, 1.165) is 0 Å². The van der Waals surface area contributed by atoms with E-state index in [4.69, 9.17) is 17.3 Å². The number of rotatable bonds is 6. The van der Waals surface area contributed by atoms with Crippen molar-refractivity contribution in [3.8, 4) is 0 Å². The molecule has 0 bridgehead atoms. The summed E-state index contributed by atoms with van der Waals surface area (Å²) in [4.78, 5) is 99.2. The smallest absolute Gasteiger partial charge is 0.243 e. The molecule has 10 N–H and O–H groups in total. The topological polar surface area (TPSA) is 259 Å². The van der Waals surface area contributed by atoms with Gasteiger partial charge in [-0.05, 0) is 30.9 Å². The molecule has 17 nitrogen and oxygen atoms in total. The number of nitrogens with two attached hydrogens (primary N) is 1. The Balaban J connectivity index is 2.22. The van der Waals surface area contributed by atoms with Crippen molar-refractivity contribution in [2.75, 3.05) is 39.3 Å². The largest absolute Gasteiger partial charge is 0.368 e. The molecule has 1 heterocycles. The van der Waals surface area contributed by atoms with Gasteiger partial charge in [-0.3, -0.25) is 38.4 Å². The van der Waals surface area contributed by atoms with Gasteiger partial charge in [-0.1, -0.05) is 29.8 Å². The van der Waals surface area contributed by atoms with E-state index in [1.807, 2.05) is 0 Å². The van der Waals surface area contributed by atoms with Crippen LogP contribution in [0.2, 0.25) is 5.02 Å². The van der Waals surface area contributed by atoms with Gasteiger partial charge in [-0.25, -0.2) is 0 Å². The maximum atomic E-state index is 13.1. The summed E-state index contributed by atoms with van der Waals surface area (Å²) in [7, 11) is 0. The van der Waals surface area contributed by atoms with Gasteiger partial charge in [0.25, 0.3) is 0 Å². The normalized spacial score (nSPS) is 21.5. The number of amides is 8. The Bertz CT molecular complexity index is 1310. The molecule has 0 spiro atoms. The molecule has 1 aromatic rings. The Morgan fingerprint density at radius 2 is 1.55 bits per heavy atom. The summed E-state index contributed by atoms with van der Waals surface area (Å²) in [6, 6.07) is 3.50. The summed E-state index contributed by atoms with van der Waals surface area (Å²) in [6.07, 6.45) is 0.309. The van der Waals surface area contributed by atoms with Crippen molar-refractivity contribution in [3.63, 3.8) is 0 Å². The third kappa shape index (κ3) is 15.4. The van der Waals surface area contributed by atoms with Crippen molar-refractivity contribution >= 4 is 58.9 Å². The molecule has 0 saturated carbocycles. The Morgan fingerprint density at radius 3 is 2.26 bits per heavy atom. The van der Waals surface area contributed by atoms with Crippen LogP contribution in [-0.4, -0.2) is 105 Å². The SMILES string of the molecule is CC(=O)NCC(=O)NC1CCC(=O)NCCCC(C(N)=O)NCCNC(=O)CNC(=O)C(Cc2ccccc2Cl)NC(=O)CNC1=O. The van der Waals surface area contributed by atoms with Gasteiger partial charge in [-0.2, -0.15) is 0 Å².